The minimum absolute atomic E-state index is 0.184. The van der Waals surface area contributed by atoms with Crippen molar-refractivity contribution in [1.82, 2.24) is 4.90 Å². The summed E-state index contributed by atoms with van der Waals surface area (Å²) in [6.45, 7) is 0.840. The molecular formula is C20H22ClNO2S. The maximum Gasteiger partial charge on any atom is 0.223 e. The van der Waals surface area contributed by atoms with Crippen LogP contribution in [-0.4, -0.2) is 30.2 Å². The SMILES string of the molecule is COc1ccc(C2CCCN2C(=O)CCSc2ccccc2Cl)cc1. The van der Waals surface area contributed by atoms with Crippen molar-refractivity contribution in [3.05, 3.63) is 59.1 Å². The second-order valence-electron chi connectivity index (χ2n) is 6.05. The van der Waals surface area contributed by atoms with Gasteiger partial charge in [0.15, 0.2) is 0 Å². The largest absolute Gasteiger partial charge is 0.497 e. The number of rotatable bonds is 6. The van der Waals surface area contributed by atoms with E-state index in [1.165, 1.54) is 5.56 Å². The third-order valence-electron chi connectivity index (χ3n) is 4.48. The minimum atomic E-state index is 0.184. The van der Waals surface area contributed by atoms with Crippen LogP contribution < -0.4 is 4.74 Å². The Morgan fingerprint density at radius 2 is 2.00 bits per heavy atom. The van der Waals surface area contributed by atoms with Gasteiger partial charge in [0.2, 0.25) is 5.91 Å². The van der Waals surface area contributed by atoms with Crippen LogP contribution in [0.15, 0.2) is 53.4 Å². The van der Waals surface area contributed by atoms with Crippen molar-refractivity contribution in [3.63, 3.8) is 0 Å². The molecule has 3 rings (SSSR count). The summed E-state index contributed by atoms with van der Waals surface area (Å²) >= 11 is 7.81. The van der Waals surface area contributed by atoms with E-state index in [1.807, 2.05) is 41.3 Å². The van der Waals surface area contributed by atoms with Crippen LogP contribution in [0.25, 0.3) is 0 Å². The monoisotopic (exact) mass is 375 g/mol. The van der Waals surface area contributed by atoms with Crippen molar-refractivity contribution in [2.75, 3.05) is 19.4 Å². The zero-order valence-electron chi connectivity index (χ0n) is 14.3. The highest BCUT2D eigenvalue weighted by Gasteiger charge is 2.29. The van der Waals surface area contributed by atoms with E-state index in [0.717, 1.165) is 40.8 Å². The van der Waals surface area contributed by atoms with Crippen LogP contribution in [0, 0.1) is 0 Å². The van der Waals surface area contributed by atoms with Crippen LogP contribution in [-0.2, 0) is 4.79 Å². The second kappa shape index (κ2) is 8.63. The summed E-state index contributed by atoms with van der Waals surface area (Å²) in [4.78, 5) is 15.7. The van der Waals surface area contributed by atoms with E-state index < -0.39 is 0 Å². The van der Waals surface area contributed by atoms with Gasteiger partial charge >= 0.3 is 0 Å². The summed E-state index contributed by atoms with van der Waals surface area (Å²) in [6, 6.07) is 16.0. The quantitative estimate of drug-likeness (QED) is 0.650. The fourth-order valence-corrected chi connectivity index (χ4v) is 4.37. The molecule has 1 aliphatic heterocycles. The molecule has 5 heteroatoms. The fraction of sp³-hybridized carbons (Fsp3) is 0.350. The Bertz CT molecular complexity index is 720. The first-order valence-corrected chi connectivity index (χ1v) is 9.86. The molecule has 1 unspecified atom stereocenters. The molecule has 0 aliphatic carbocycles. The molecule has 0 bridgehead atoms. The van der Waals surface area contributed by atoms with Gasteiger partial charge in [0, 0.05) is 23.6 Å². The number of nitrogens with zero attached hydrogens (tertiary/aromatic N) is 1. The van der Waals surface area contributed by atoms with Gasteiger partial charge in [0.1, 0.15) is 5.75 Å². The van der Waals surface area contributed by atoms with Crippen LogP contribution in [0.1, 0.15) is 30.9 Å². The summed E-state index contributed by atoms with van der Waals surface area (Å²) in [5.41, 5.74) is 1.19. The number of likely N-dealkylation sites (tertiary alicyclic amines) is 1. The number of ether oxygens (including phenoxy) is 1. The smallest absolute Gasteiger partial charge is 0.223 e. The summed E-state index contributed by atoms with van der Waals surface area (Å²) in [7, 11) is 1.66. The molecule has 1 amide bonds. The number of benzene rings is 2. The number of thioether (sulfide) groups is 1. The standard InChI is InChI=1S/C20H22ClNO2S/c1-24-16-10-8-15(9-11-16)18-6-4-13-22(18)20(23)12-14-25-19-7-3-2-5-17(19)21/h2-3,5,7-11,18H,4,6,12-14H2,1H3. The topological polar surface area (TPSA) is 29.5 Å². The molecule has 2 aromatic carbocycles. The van der Waals surface area contributed by atoms with Crippen molar-refractivity contribution in [2.24, 2.45) is 0 Å². The zero-order valence-corrected chi connectivity index (χ0v) is 15.9. The van der Waals surface area contributed by atoms with E-state index >= 15 is 0 Å². The average Bonchev–Trinajstić information content (AvgIpc) is 3.13. The molecule has 0 saturated carbocycles. The van der Waals surface area contributed by atoms with Gasteiger partial charge in [-0.2, -0.15) is 0 Å². The van der Waals surface area contributed by atoms with Gasteiger partial charge < -0.3 is 9.64 Å². The molecule has 2 aromatic rings. The first kappa shape index (κ1) is 18.2. The summed E-state index contributed by atoms with van der Waals surface area (Å²) in [6.07, 6.45) is 2.61. The number of halogens is 1. The van der Waals surface area contributed by atoms with Crippen molar-refractivity contribution < 1.29 is 9.53 Å². The molecule has 0 radical (unpaired) electrons. The van der Waals surface area contributed by atoms with E-state index in [9.17, 15) is 4.79 Å². The molecule has 3 nitrogen and oxygen atoms in total. The Balaban J connectivity index is 1.58. The van der Waals surface area contributed by atoms with Gasteiger partial charge in [-0.25, -0.2) is 0 Å². The highest BCUT2D eigenvalue weighted by molar-refractivity contribution is 7.99. The molecule has 132 valence electrons. The number of hydrogen-bond donors (Lipinski definition) is 0. The summed E-state index contributed by atoms with van der Waals surface area (Å²) < 4.78 is 5.22. The minimum Gasteiger partial charge on any atom is -0.497 e. The lowest BCUT2D eigenvalue weighted by Gasteiger charge is -2.25. The number of carbonyl (C=O) groups is 1. The maximum atomic E-state index is 12.7. The van der Waals surface area contributed by atoms with Gasteiger partial charge in [-0.1, -0.05) is 35.9 Å². The van der Waals surface area contributed by atoms with Crippen LogP contribution in [0.2, 0.25) is 5.02 Å². The van der Waals surface area contributed by atoms with Crippen LogP contribution in [0.4, 0.5) is 0 Å². The maximum absolute atomic E-state index is 12.7. The molecule has 1 aliphatic rings. The summed E-state index contributed by atoms with van der Waals surface area (Å²) in [5.74, 6) is 1.81. The first-order valence-electron chi connectivity index (χ1n) is 8.50. The van der Waals surface area contributed by atoms with Gasteiger partial charge in [0.05, 0.1) is 18.2 Å². The lowest BCUT2D eigenvalue weighted by atomic mass is 10.0. The molecule has 0 spiro atoms. The Labute approximate surface area is 158 Å². The van der Waals surface area contributed by atoms with Gasteiger partial charge in [-0.15, -0.1) is 11.8 Å². The number of hydrogen-bond acceptors (Lipinski definition) is 3. The molecule has 25 heavy (non-hydrogen) atoms. The van der Waals surface area contributed by atoms with E-state index in [2.05, 4.69) is 12.1 Å². The fourth-order valence-electron chi connectivity index (χ4n) is 3.19. The Hall–Kier alpha value is -1.65. The van der Waals surface area contributed by atoms with Crippen molar-refractivity contribution in [2.45, 2.75) is 30.2 Å². The molecule has 0 N–H and O–H groups in total. The highest BCUT2D eigenvalue weighted by atomic mass is 35.5. The lowest BCUT2D eigenvalue weighted by molar-refractivity contribution is -0.131. The van der Waals surface area contributed by atoms with Crippen LogP contribution in [0.3, 0.4) is 0 Å². The molecule has 1 saturated heterocycles. The molecule has 1 fully saturated rings. The van der Waals surface area contributed by atoms with Crippen LogP contribution in [0.5, 0.6) is 5.75 Å². The lowest BCUT2D eigenvalue weighted by Crippen LogP contribution is -2.30. The molecule has 1 atom stereocenters. The van der Waals surface area contributed by atoms with Gasteiger partial charge in [-0.3, -0.25) is 4.79 Å². The van der Waals surface area contributed by atoms with E-state index in [-0.39, 0.29) is 11.9 Å². The van der Waals surface area contributed by atoms with Crippen molar-refractivity contribution >= 4 is 29.3 Å². The Morgan fingerprint density at radius 1 is 1.24 bits per heavy atom. The van der Waals surface area contributed by atoms with E-state index in [1.54, 1.807) is 18.9 Å². The van der Waals surface area contributed by atoms with Gasteiger partial charge in [0.25, 0.3) is 0 Å². The number of methoxy groups -OCH3 is 1. The number of carbonyl (C=O) groups excluding carboxylic acids is 1. The molecule has 0 aromatic heterocycles. The van der Waals surface area contributed by atoms with Crippen molar-refractivity contribution in [1.29, 1.82) is 0 Å². The highest BCUT2D eigenvalue weighted by Crippen LogP contribution is 2.34. The first-order chi connectivity index (χ1) is 12.2. The normalized spacial score (nSPS) is 16.9. The number of amides is 1. The third-order valence-corrected chi connectivity index (χ3v) is 6.00. The molecule has 1 heterocycles. The zero-order chi connectivity index (χ0) is 17.6. The van der Waals surface area contributed by atoms with Crippen LogP contribution >= 0.6 is 23.4 Å². The second-order valence-corrected chi connectivity index (χ2v) is 7.59. The average molecular weight is 376 g/mol. The molecular weight excluding hydrogens is 354 g/mol. The van der Waals surface area contributed by atoms with E-state index in [0.29, 0.717) is 6.42 Å². The Kier molecular flexibility index (Phi) is 6.27. The van der Waals surface area contributed by atoms with Crippen molar-refractivity contribution in [3.8, 4) is 5.75 Å². The van der Waals surface area contributed by atoms with Gasteiger partial charge in [-0.05, 0) is 42.7 Å². The Morgan fingerprint density at radius 3 is 2.72 bits per heavy atom. The predicted octanol–water partition coefficient (Wildman–Crippen LogP) is 5.19. The summed E-state index contributed by atoms with van der Waals surface area (Å²) in [5, 5.41) is 0.747. The predicted molar refractivity (Wildman–Crippen MR) is 103 cm³/mol. The third kappa shape index (κ3) is 4.50. The van der Waals surface area contributed by atoms with E-state index in [4.69, 9.17) is 16.3 Å².